The van der Waals surface area contributed by atoms with Crippen molar-refractivity contribution in [3.05, 3.63) is 29.8 Å². The normalized spacial score (nSPS) is 14.0. The second-order valence-electron chi connectivity index (χ2n) is 4.71. The standard InChI is InChI=1S/C13H20N2O3S.ClH/c1-9(8-14)13(16)15-10(2)11-4-6-12(7-5-11)19(3,17)18;/h4-7,9-10H,8,14H2,1-3H3,(H,15,16);1H. The van der Waals surface area contributed by atoms with Crippen LogP contribution in [0.2, 0.25) is 0 Å². The largest absolute Gasteiger partial charge is 0.349 e. The summed E-state index contributed by atoms with van der Waals surface area (Å²) < 4.78 is 22.7. The summed E-state index contributed by atoms with van der Waals surface area (Å²) in [5.74, 6) is -0.347. The van der Waals surface area contributed by atoms with Gasteiger partial charge in [0.25, 0.3) is 0 Å². The molecule has 0 heterocycles. The lowest BCUT2D eigenvalue weighted by Crippen LogP contribution is -2.34. The molecule has 20 heavy (non-hydrogen) atoms. The van der Waals surface area contributed by atoms with E-state index in [1.54, 1.807) is 31.2 Å². The van der Waals surface area contributed by atoms with Gasteiger partial charge in [0.1, 0.15) is 0 Å². The van der Waals surface area contributed by atoms with Crippen molar-refractivity contribution < 1.29 is 13.2 Å². The summed E-state index contributed by atoms with van der Waals surface area (Å²) in [7, 11) is -3.19. The van der Waals surface area contributed by atoms with Crippen LogP contribution < -0.4 is 11.1 Å². The number of carbonyl (C=O) groups excluding carboxylic acids is 1. The predicted molar refractivity (Wildman–Crippen MR) is 81.6 cm³/mol. The smallest absolute Gasteiger partial charge is 0.224 e. The fourth-order valence-electron chi connectivity index (χ4n) is 1.55. The third-order valence-corrected chi connectivity index (χ3v) is 4.10. The van der Waals surface area contributed by atoms with Crippen molar-refractivity contribution in [3.63, 3.8) is 0 Å². The van der Waals surface area contributed by atoms with Crippen LogP contribution in [0.4, 0.5) is 0 Å². The SMILES string of the molecule is CC(CN)C(=O)NC(C)c1ccc(S(C)(=O)=O)cc1.Cl. The second kappa shape index (κ2) is 7.61. The Balaban J connectivity index is 0.00000361. The molecule has 0 aliphatic carbocycles. The van der Waals surface area contributed by atoms with Gasteiger partial charge in [-0.3, -0.25) is 4.79 Å². The quantitative estimate of drug-likeness (QED) is 0.855. The van der Waals surface area contributed by atoms with Crippen LogP contribution in [0.5, 0.6) is 0 Å². The average molecular weight is 321 g/mol. The Hall–Kier alpha value is -1.11. The monoisotopic (exact) mass is 320 g/mol. The number of hydrogen-bond acceptors (Lipinski definition) is 4. The lowest BCUT2D eigenvalue weighted by atomic mass is 10.1. The Morgan fingerprint density at radius 1 is 1.25 bits per heavy atom. The lowest BCUT2D eigenvalue weighted by molar-refractivity contribution is -0.124. The molecule has 1 aromatic rings. The molecular formula is C13H21ClN2O3S. The molecule has 0 saturated carbocycles. The maximum absolute atomic E-state index is 11.7. The highest BCUT2D eigenvalue weighted by Gasteiger charge is 2.15. The van der Waals surface area contributed by atoms with Crippen LogP contribution in [-0.2, 0) is 14.6 Å². The van der Waals surface area contributed by atoms with E-state index >= 15 is 0 Å². The number of sulfone groups is 1. The van der Waals surface area contributed by atoms with Crippen molar-refractivity contribution in [2.75, 3.05) is 12.8 Å². The van der Waals surface area contributed by atoms with E-state index in [1.165, 1.54) is 0 Å². The van der Waals surface area contributed by atoms with E-state index in [0.29, 0.717) is 6.54 Å². The molecule has 1 amide bonds. The van der Waals surface area contributed by atoms with Gasteiger partial charge in [0.05, 0.1) is 10.9 Å². The van der Waals surface area contributed by atoms with Gasteiger partial charge in [0.15, 0.2) is 9.84 Å². The van der Waals surface area contributed by atoms with E-state index in [0.717, 1.165) is 11.8 Å². The van der Waals surface area contributed by atoms with E-state index in [9.17, 15) is 13.2 Å². The molecule has 0 aromatic heterocycles. The number of halogens is 1. The lowest BCUT2D eigenvalue weighted by Gasteiger charge is -2.17. The minimum absolute atomic E-state index is 0. The summed E-state index contributed by atoms with van der Waals surface area (Å²) in [5, 5.41) is 2.84. The van der Waals surface area contributed by atoms with Gasteiger partial charge in [0, 0.05) is 18.7 Å². The second-order valence-corrected chi connectivity index (χ2v) is 6.72. The summed E-state index contributed by atoms with van der Waals surface area (Å²) in [6.07, 6.45) is 1.16. The molecule has 1 rings (SSSR count). The molecule has 2 unspecified atom stereocenters. The van der Waals surface area contributed by atoms with Gasteiger partial charge in [0.2, 0.25) is 5.91 Å². The van der Waals surface area contributed by atoms with E-state index in [1.807, 2.05) is 6.92 Å². The van der Waals surface area contributed by atoms with E-state index in [2.05, 4.69) is 5.32 Å². The van der Waals surface area contributed by atoms with Gasteiger partial charge in [-0.05, 0) is 24.6 Å². The predicted octanol–water partition coefficient (Wildman–Crippen LogP) is 1.28. The first-order valence-electron chi connectivity index (χ1n) is 6.06. The fourth-order valence-corrected chi connectivity index (χ4v) is 2.18. The Morgan fingerprint density at radius 2 is 1.75 bits per heavy atom. The highest BCUT2D eigenvalue weighted by molar-refractivity contribution is 7.90. The van der Waals surface area contributed by atoms with Crippen LogP contribution in [0, 0.1) is 5.92 Å². The van der Waals surface area contributed by atoms with E-state index < -0.39 is 9.84 Å². The molecule has 5 nitrogen and oxygen atoms in total. The van der Waals surface area contributed by atoms with Gasteiger partial charge in [-0.1, -0.05) is 19.1 Å². The summed E-state index contributed by atoms with van der Waals surface area (Å²) in [6.45, 7) is 3.90. The molecule has 0 radical (unpaired) electrons. The van der Waals surface area contributed by atoms with Gasteiger partial charge >= 0.3 is 0 Å². The Kier molecular flexibility index (Phi) is 7.19. The number of rotatable bonds is 5. The topological polar surface area (TPSA) is 89.3 Å². The molecule has 114 valence electrons. The molecule has 2 atom stereocenters. The zero-order valence-electron chi connectivity index (χ0n) is 11.8. The molecule has 0 saturated heterocycles. The summed E-state index contributed by atoms with van der Waals surface area (Å²) >= 11 is 0. The number of benzene rings is 1. The first kappa shape index (κ1) is 18.9. The molecule has 0 aliphatic heterocycles. The van der Waals surface area contributed by atoms with Crippen molar-refractivity contribution in [2.45, 2.75) is 24.8 Å². The van der Waals surface area contributed by atoms with E-state index in [-0.39, 0.29) is 35.2 Å². The molecule has 1 aromatic carbocycles. The summed E-state index contributed by atoms with van der Waals surface area (Å²) in [5.41, 5.74) is 6.28. The number of amides is 1. The van der Waals surface area contributed by atoms with Gasteiger partial charge in [-0.15, -0.1) is 12.4 Å². The van der Waals surface area contributed by atoms with Crippen LogP contribution in [-0.4, -0.2) is 27.1 Å². The highest BCUT2D eigenvalue weighted by Crippen LogP contribution is 2.16. The van der Waals surface area contributed by atoms with Crippen LogP contribution in [0.1, 0.15) is 25.5 Å². The molecule has 0 aliphatic rings. The third kappa shape index (κ3) is 5.11. The molecule has 0 spiro atoms. The first-order chi connectivity index (χ1) is 8.75. The molecule has 0 bridgehead atoms. The molecular weight excluding hydrogens is 300 g/mol. The summed E-state index contributed by atoms with van der Waals surface area (Å²) in [4.78, 5) is 12.0. The van der Waals surface area contributed by atoms with Crippen molar-refractivity contribution in [1.82, 2.24) is 5.32 Å². The molecule has 0 fully saturated rings. The van der Waals surface area contributed by atoms with Gasteiger partial charge < -0.3 is 11.1 Å². The molecule has 3 N–H and O–H groups in total. The van der Waals surface area contributed by atoms with E-state index in [4.69, 9.17) is 5.73 Å². The van der Waals surface area contributed by atoms with Crippen LogP contribution in [0.15, 0.2) is 29.2 Å². The van der Waals surface area contributed by atoms with Crippen LogP contribution in [0.25, 0.3) is 0 Å². The van der Waals surface area contributed by atoms with Crippen LogP contribution >= 0.6 is 12.4 Å². The van der Waals surface area contributed by atoms with Gasteiger partial charge in [-0.2, -0.15) is 0 Å². The van der Waals surface area contributed by atoms with Gasteiger partial charge in [-0.25, -0.2) is 8.42 Å². The fraction of sp³-hybridized carbons (Fsp3) is 0.462. The average Bonchev–Trinajstić information content (AvgIpc) is 2.36. The number of hydrogen-bond donors (Lipinski definition) is 2. The minimum atomic E-state index is -3.19. The van der Waals surface area contributed by atoms with Crippen LogP contribution in [0.3, 0.4) is 0 Å². The maximum Gasteiger partial charge on any atom is 0.224 e. The molecule has 7 heteroatoms. The zero-order chi connectivity index (χ0) is 14.6. The Bertz CT molecular complexity index is 543. The highest BCUT2D eigenvalue weighted by atomic mass is 35.5. The number of nitrogens with one attached hydrogen (secondary N) is 1. The van der Waals surface area contributed by atoms with Crippen molar-refractivity contribution in [2.24, 2.45) is 11.7 Å². The Labute approximate surface area is 126 Å². The first-order valence-corrected chi connectivity index (χ1v) is 7.95. The minimum Gasteiger partial charge on any atom is -0.349 e. The zero-order valence-corrected chi connectivity index (χ0v) is 13.4. The summed E-state index contributed by atoms with van der Waals surface area (Å²) in [6, 6.07) is 6.30. The number of carbonyl (C=O) groups is 1. The third-order valence-electron chi connectivity index (χ3n) is 2.97. The maximum atomic E-state index is 11.7. The van der Waals surface area contributed by atoms with Crippen molar-refractivity contribution >= 4 is 28.2 Å². The van der Waals surface area contributed by atoms with Crippen molar-refractivity contribution in [1.29, 1.82) is 0 Å². The number of nitrogens with two attached hydrogens (primary N) is 1. The Morgan fingerprint density at radius 3 is 2.15 bits per heavy atom. The van der Waals surface area contributed by atoms with Crippen molar-refractivity contribution in [3.8, 4) is 0 Å².